The second-order valence-corrected chi connectivity index (χ2v) is 8.19. The number of nitrogens with zero attached hydrogens (tertiary/aromatic N) is 1. The summed E-state index contributed by atoms with van der Waals surface area (Å²) in [5.74, 6) is 1.50. The molecule has 2 rings (SSSR count). The number of sulfone groups is 1. The van der Waals surface area contributed by atoms with Crippen molar-refractivity contribution in [2.24, 2.45) is 4.99 Å². The highest BCUT2D eigenvalue weighted by molar-refractivity contribution is 7.90. The Morgan fingerprint density at radius 1 is 1.26 bits per heavy atom. The van der Waals surface area contributed by atoms with Crippen molar-refractivity contribution in [2.75, 3.05) is 26.5 Å². The summed E-state index contributed by atoms with van der Waals surface area (Å²) in [6, 6.07) is 9.06. The van der Waals surface area contributed by atoms with Gasteiger partial charge in [0, 0.05) is 33.0 Å². The summed E-state index contributed by atoms with van der Waals surface area (Å²) in [6.45, 7) is 4.18. The highest BCUT2D eigenvalue weighted by Gasteiger charge is 2.10. The number of hydrogen-bond donors (Lipinski definition) is 2. The Bertz CT molecular complexity index is 846. The van der Waals surface area contributed by atoms with Crippen LogP contribution in [-0.4, -0.2) is 40.8 Å². The average molecular weight is 394 g/mol. The van der Waals surface area contributed by atoms with Gasteiger partial charge in [-0.2, -0.15) is 0 Å². The van der Waals surface area contributed by atoms with Gasteiger partial charge in [0.25, 0.3) is 0 Å². The molecule has 0 amide bonds. The second-order valence-electron chi connectivity index (χ2n) is 6.21. The van der Waals surface area contributed by atoms with Crippen molar-refractivity contribution in [3.05, 3.63) is 53.5 Å². The highest BCUT2D eigenvalue weighted by Crippen LogP contribution is 2.16. The van der Waals surface area contributed by atoms with E-state index in [0.29, 0.717) is 30.6 Å². The Balaban J connectivity index is 1.70. The zero-order valence-electron chi connectivity index (χ0n) is 16.0. The molecular formula is C19H27N3O4S. The molecule has 0 aliphatic carbocycles. The maximum Gasteiger partial charge on any atom is 0.191 e. The Kier molecular flexibility index (Phi) is 7.87. The van der Waals surface area contributed by atoms with Crippen LogP contribution >= 0.6 is 0 Å². The number of aliphatic imine (C=N–C) groups is 1. The summed E-state index contributed by atoms with van der Waals surface area (Å²) in [5.41, 5.74) is 1.73. The fraction of sp³-hybridized carbons (Fsp3) is 0.421. The molecule has 0 spiro atoms. The quantitative estimate of drug-likeness (QED) is 0.386. The normalized spacial score (nSPS) is 12.2. The molecule has 0 aliphatic rings. The van der Waals surface area contributed by atoms with Gasteiger partial charge in [-0.15, -0.1) is 0 Å². The molecule has 1 aromatic carbocycles. The van der Waals surface area contributed by atoms with Crippen molar-refractivity contribution in [3.63, 3.8) is 0 Å². The van der Waals surface area contributed by atoms with E-state index < -0.39 is 9.84 Å². The molecule has 0 atom stereocenters. The fourth-order valence-electron chi connectivity index (χ4n) is 2.59. The van der Waals surface area contributed by atoms with E-state index in [1.807, 2.05) is 24.3 Å². The second kappa shape index (κ2) is 10.1. The van der Waals surface area contributed by atoms with Gasteiger partial charge in [0.05, 0.1) is 11.2 Å². The molecule has 0 bridgehead atoms. The molecule has 27 heavy (non-hydrogen) atoms. The first kappa shape index (κ1) is 21.0. The summed E-state index contributed by atoms with van der Waals surface area (Å²) >= 11 is 0. The van der Waals surface area contributed by atoms with Crippen LogP contribution in [0.25, 0.3) is 0 Å². The van der Waals surface area contributed by atoms with Crippen molar-refractivity contribution >= 4 is 15.8 Å². The van der Waals surface area contributed by atoms with Crippen LogP contribution < -0.4 is 10.6 Å². The predicted molar refractivity (Wildman–Crippen MR) is 105 cm³/mol. The Hall–Kier alpha value is -2.32. The fourth-order valence-corrected chi connectivity index (χ4v) is 3.55. The lowest BCUT2D eigenvalue weighted by molar-refractivity contribution is 0.105. The first-order valence-corrected chi connectivity index (χ1v) is 10.6. The van der Waals surface area contributed by atoms with Gasteiger partial charge in [-0.3, -0.25) is 4.99 Å². The SMILES string of the molecule is CN=C(NCCCOCc1ccco1)NCc1ccc(S(C)(=O)=O)c(C)c1. The molecule has 0 radical (unpaired) electrons. The van der Waals surface area contributed by atoms with Crippen LogP contribution in [0.4, 0.5) is 0 Å². The van der Waals surface area contributed by atoms with Gasteiger partial charge in [-0.05, 0) is 42.7 Å². The lowest BCUT2D eigenvalue weighted by atomic mass is 10.1. The molecule has 1 aromatic heterocycles. The third-order valence-electron chi connectivity index (χ3n) is 3.90. The number of hydrogen-bond acceptors (Lipinski definition) is 5. The summed E-state index contributed by atoms with van der Waals surface area (Å²) in [7, 11) is -1.49. The molecular weight excluding hydrogens is 366 g/mol. The Morgan fingerprint density at radius 2 is 2.07 bits per heavy atom. The number of nitrogens with one attached hydrogen (secondary N) is 2. The summed E-state index contributed by atoms with van der Waals surface area (Å²) in [6.07, 6.45) is 3.69. The van der Waals surface area contributed by atoms with Gasteiger partial charge in [0.15, 0.2) is 15.8 Å². The van der Waals surface area contributed by atoms with E-state index >= 15 is 0 Å². The van der Waals surface area contributed by atoms with E-state index in [1.54, 1.807) is 26.3 Å². The zero-order valence-corrected chi connectivity index (χ0v) is 16.8. The lowest BCUT2D eigenvalue weighted by Crippen LogP contribution is -2.37. The maximum absolute atomic E-state index is 11.7. The van der Waals surface area contributed by atoms with E-state index in [-0.39, 0.29) is 0 Å². The van der Waals surface area contributed by atoms with Gasteiger partial charge in [0.2, 0.25) is 0 Å². The molecule has 2 N–H and O–H groups in total. The third-order valence-corrected chi connectivity index (χ3v) is 5.16. The van der Waals surface area contributed by atoms with Crippen molar-refractivity contribution in [1.29, 1.82) is 0 Å². The number of benzene rings is 1. The predicted octanol–water partition coefficient (Wildman–Crippen LogP) is 2.26. The molecule has 0 aliphatic heterocycles. The number of ether oxygens (including phenoxy) is 1. The topological polar surface area (TPSA) is 92.9 Å². The van der Waals surface area contributed by atoms with E-state index in [2.05, 4.69) is 15.6 Å². The van der Waals surface area contributed by atoms with Crippen molar-refractivity contribution in [3.8, 4) is 0 Å². The smallest absolute Gasteiger partial charge is 0.191 e. The van der Waals surface area contributed by atoms with Gasteiger partial charge in [-0.25, -0.2) is 8.42 Å². The molecule has 0 saturated heterocycles. The van der Waals surface area contributed by atoms with E-state index in [0.717, 1.165) is 29.9 Å². The highest BCUT2D eigenvalue weighted by atomic mass is 32.2. The monoisotopic (exact) mass is 393 g/mol. The van der Waals surface area contributed by atoms with Crippen LogP contribution in [0.5, 0.6) is 0 Å². The van der Waals surface area contributed by atoms with Gasteiger partial charge in [-0.1, -0.05) is 12.1 Å². The van der Waals surface area contributed by atoms with Crippen molar-refractivity contribution in [2.45, 2.75) is 31.4 Å². The summed E-state index contributed by atoms with van der Waals surface area (Å²) in [4.78, 5) is 4.55. The standard InChI is InChI=1S/C19H27N3O4S/c1-15-12-16(7-8-18(15)27(3,23)24)13-22-19(20-2)21-9-5-10-25-14-17-6-4-11-26-17/h4,6-8,11-12H,5,9-10,13-14H2,1-3H3,(H2,20,21,22). The van der Waals surface area contributed by atoms with Crippen LogP contribution in [0.3, 0.4) is 0 Å². The molecule has 0 fully saturated rings. The largest absolute Gasteiger partial charge is 0.467 e. The van der Waals surface area contributed by atoms with Crippen LogP contribution in [-0.2, 0) is 27.7 Å². The molecule has 1 heterocycles. The lowest BCUT2D eigenvalue weighted by Gasteiger charge is -2.13. The van der Waals surface area contributed by atoms with Crippen LogP contribution in [0.1, 0.15) is 23.3 Å². The minimum Gasteiger partial charge on any atom is -0.467 e. The number of guanidine groups is 1. The van der Waals surface area contributed by atoms with E-state index in [4.69, 9.17) is 9.15 Å². The molecule has 7 nitrogen and oxygen atoms in total. The molecule has 2 aromatic rings. The van der Waals surface area contributed by atoms with Crippen molar-refractivity contribution < 1.29 is 17.6 Å². The van der Waals surface area contributed by atoms with Crippen LogP contribution in [0, 0.1) is 6.92 Å². The third kappa shape index (κ3) is 7.07. The maximum atomic E-state index is 11.7. The van der Waals surface area contributed by atoms with Gasteiger partial charge < -0.3 is 19.8 Å². The first-order valence-electron chi connectivity index (χ1n) is 8.74. The number of aryl methyl sites for hydroxylation is 1. The van der Waals surface area contributed by atoms with E-state index in [9.17, 15) is 8.42 Å². The minimum absolute atomic E-state index is 0.364. The molecule has 8 heteroatoms. The summed E-state index contributed by atoms with van der Waals surface area (Å²) < 4.78 is 34.1. The van der Waals surface area contributed by atoms with Gasteiger partial charge >= 0.3 is 0 Å². The molecule has 148 valence electrons. The minimum atomic E-state index is -3.19. The first-order chi connectivity index (χ1) is 12.9. The number of furan rings is 1. The van der Waals surface area contributed by atoms with Crippen LogP contribution in [0.15, 0.2) is 50.9 Å². The average Bonchev–Trinajstić information content (AvgIpc) is 3.13. The van der Waals surface area contributed by atoms with Crippen LogP contribution in [0.2, 0.25) is 0 Å². The Labute approximate surface area is 160 Å². The van der Waals surface area contributed by atoms with E-state index in [1.165, 1.54) is 6.26 Å². The number of rotatable bonds is 9. The molecule has 0 saturated carbocycles. The van der Waals surface area contributed by atoms with Gasteiger partial charge in [0.1, 0.15) is 12.4 Å². The zero-order chi connectivity index (χ0) is 19.7. The summed E-state index contributed by atoms with van der Waals surface area (Å²) in [5, 5.41) is 6.44. The van der Waals surface area contributed by atoms with Crippen molar-refractivity contribution in [1.82, 2.24) is 10.6 Å². The Morgan fingerprint density at radius 3 is 2.70 bits per heavy atom. The molecule has 0 unspecified atom stereocenters.